The highest BCUT2D eigenvalue weighted by Crippen LogP contribution is 2.31. The summed E-state index contributed by atoms with van der Waals surface area (Å²) in [5, 5.41) is 11.6. The molecule has 1 aliphatic heterocycles. The van der Waals surface area contributed by atoms with Gasteiger partial charge in [-0.2, -0.15) is 0 Å². The summed E-state index contributed by atoms with van der Waals surface area (Å²) in [5.74, 6) is 0.895. The highest BCUT2D eigenvalue weighted by Gasteiger charge is 2.22. The highest BCUT2D eigenvalue weighted by atomic mass is 16.6. The Morgan fingerprint density at radius 1 is 1.40 bits per heavy atom. The van der Waals surface area contributed by atoms with E-state index in [1.807, 2.05) is 0 Å². The van der Waals surface area contributed by atoms with Gasteiger partial charge in [0.2, 0.25) is 0 Å². The summed E-state index contributed by atoms with van der Waals surface area (Å²) in [5.41, 5.74) is 5.96. The number of fused-ring (bicyclic) bond motifs is 1. The van der Waals surface area contributed by atoms with E-state index in [1.54, 1.807) is 32.2 Å². The molecule has 0 saturated heterocycles. The molecule has 1 aliphatic rings. The fourth-order valence-electron chi connectivity index (χ4n) is 1.84. The Labute approximate surface area is 116 Å². The van der Waals surface area contributed by atoms with E-state index in [4.69, 9.17) is 20.4 Å². The normalized spacial score (nSPS) is 15.6. The molecule has 0 saturated carbocycles. The molecule has 108 valence electrons. The highest BCUT2D eigenvalue weighted by molar-refractivity contribution is 5.98. The van der Waals surface area contributed by atoms with E-state index in [2.05, 4.69) is 5.16 Å². The number of rotatable bonds is 3. The number of benzene rings is 1. The third-order valence-electron chi connectivity index (χ3n) is 3.23. The van der Waals surface area contributed by atoms with Crippen LogP contribution in [0.4, 0.5) is 0 Å². The van der Waals surface area contributed by atoms with Crippen LogP contribution in [0.2, 0.25) is 0 Å². The van der Waals surface area contributed by atoms with E-state index in [0.717, 1.165) is 0 Å². The Morgan fingerprint density at radius 3 is 2.70 bits per heavy atom. The van der Waals surface area contributed by atoms with E-state index in [1.165, 1.54) is 4.90 Å². The second-order valence-corrected chi connectivity index (χ2v) is 4.48. The molecule has 3 N–H and O–H groups in total. The quantitative estimate of drug-likeness (QED) is 0.367. The van der Waals surface area contributed by atoms with E-state index in [9.17, 15) is 4.79 Å². The maximum absolute atomic E-state index is 12.3. The van der Waals surface area contributed by atoms with Gasteiger partial charge in [0.05, 0.1) is 6.04 Å². The third-order valence-corrected chi connectivity index (χ3v) is 3.23. The molecular formula is C13H17N3O4. The Kier molecular flexibility index (Phi) is 3.97. The number of oxime groups is 1. The van der Waals surface area contributed by atoms with Gasteiger partial charge in [0.25, 0.3) is 5.91 Å². The topological polar surface area (TPSA) is 97.4 Å². The number of hydrogen-bond acceptors (Lipinski definition) is 5. The van der Waals surface area contributed by atoms with Crippen LogP contribution in [0.15, 0.2) is 23.4 Å². The fourth-order valence-corrected chi connectivity index (χ4v) is 1.84. The summed E-state index contributed by atoms with van der Waals surface area (Å²) < 4.78 is 10.8. The van der Waals surface area contributed by atoms with Crippen molar-refractivity contribution in [1.29, 1.82) is 0 Å². The predicted octanol–water partition coefficient (Wildman–Crippen LogP) is 0.665. The average molecular weight is 279 g/mol. The largest absolute Gasteiger partial charge is 0.486 e. The zero-order valence-electron chi connectivity index (χ0n) is 11.4. The summed E-state index contributed by atoms with van der Waals surface area (Å²) in [4.78, 5) is 13.7. The first-order valence-corrected chi connectivity index (χ1v) is 6.19. The van der Waals surface area contributed by atoms with Crippen molar-refractivity contribution in [2.45, 2.75) is 13.0 Å². The Hall–Kier alpha value is -2.44. The molecule has 2 rings (SSSR count). The van der Waals surface area contributed by atoms with Gasteiger partial charge in [0.1, 0.15) is 13.2 Å². The molecule has 1 atom stereocenters. The van der Waals surface area contributed by atoms with Crippen molar-refractivity contribution in [2.75, 3.05) is 20.3 Å². The molecule has 1 unspecified atom stereocenters. The molecular weight excluding hydrogens is 262 g/mol. The second kappa shape index (κ2) is 5.68. The number of hydrogen-bond donors (Lipinski definition) is 2. The first-order chi connectivity index (χ1) is 9.54. The molecule has 20 heavy (non-hydrogen) atoms. The van der Waals surface area contributed by atoms with E-state index in [0.29, 0.717) is 30.3 Å². The standard InChI is InChI=1S/C13H17N3O4/c1-8(12(14)15-18)16(2)13(17)9-3-4-10-11(7-9)20-6-5-19-10/h3-4,7-8,18H,5-6H2,1-2H3,(H2,14,15). The van der Waals surface area contributed by atoms with Crippen molar-refractivity contribution in [3.8, 4) is 11.5 Å². The number of carbonyl (C=O) groups is 1. The molecule has 0 fully saturated rings. The molecule has 0 aliphatic carbocycles. The third kappa shape index (κ3) is 2.61. The zero-order chi connectivity index (χ0) is 14.7. The molecule has 1 heterocycles. The van der Waals surface area contributed by atoms with Gasteiger partial charge in [-0.1, -0.05) is 5.16 Å². The van der Waals surface area contributed by atoms with Crippen LogP contribution in [0.5, 0.6) is 11.5 Å². The fraction of sp³-hybridized carbons (Fsp3) is 0.385. The van der Waals surface area contributed by atoms with E-state index in [-0.39, 0.29) is 11.7 Å². The number of amidine groups is 1. The average Bonchev–Trinajstić information content (AvgIpc) is 2.51. The smallest absolute Gasteiger partial charge is 0.254 e. The molecule has 1 aromatic rings. The van der Waals surface area contributed by atoms with Crippen LogP contribution in [-0.2, 0) is 0 Å². The van der Waals surface area contributed by atoms with Gasteiger partial charge in [-0.25, -0.2) is 0 Å². The van der Waals surface area contributed by atoms with Gasteiger partial charge >= 0.3 is 0 Å². The summed E-state index contributed by atoms with van der Waals surface area (Å²) in [6.07, 6.45) is 0. The van der Waals surface area contributed by atoms with Crippen LogP contribution in [0.25, 0.3) is 0 Å². The summed E-state index contributed by atoms with van der Waals surface area (Å²) in [6.45, 7) is 2.63. The van der Waals surface area contributed by atoms with Crippen LogP contribution in [0.1, 0.15) is 17.3 Å². The Morgan fingerprint density at radius 2 is 2.05 bits per heavy atom. The molecule has 7 nitrogen and oxygen atoms in total. The van der Waals surface area contributed by atoms with Gasteiger partial charge in [0, 0.05) is 12.6 Å². The van der Waals surface area contributed by atoms with Crippen LogP contribution in [0, 0.1) is 0 Å². The lowest BCUT2D eigenvalue weighted by molar-refractivity contribution is 0.0775. The van der Waals surface area contributed by atoms with Gasteiger partial charge in [-0.3, -0.25) is 4.79 Å². The maximum atomic E-state index is 12.3. The zero-order valence-corrected chi connectivity index (χ0v) is 11.4. The van der Waals surface area contributed by atoms with E-state index >= 15 is 0 Å². The number of likely N-dealkylation sites (N-methyl/N-ethyl adjacent to an activating group) is 1. The lowest BCUT2D eigenvalue weighted by atomic mass is 10.1. The minimum absolute atomic E-state index is 0.0293. The molecule has 0 aromatic heterocycles. The molecule has 1 amide bonds. The van der Waals surface area contributed by atoms with Gasteiger partial charge in [0.15, 0.2) is 17.3 Å². The van der Waals surface area contributed by atoms with Crippen molar-refractivity contribution < 1.29 is 19.5 Å². The maximum Gasteiger partial charge on any atom is 0.254 e. The van der Waals surface area contributed by atoms with Crippen LogP contribution in [-0.4, -0.2) is 48.2 Å². The minimum Gasteiger partial charge on any atom is -0.486 e. The minimum atomic E-state index is -0.513. The number of nitrogens with zero attached hydrogens (tertiary/aromatic N) is 2. The Bertz CT molecular complexity index is 544. The number of nitrogens with two attached hydrogens (primary N) is 1. The molecule has 1 aromatic carbocycles. The summed E-state index contributed by atoms with van der Waals surface area (Å²) in [7, 11) is 1.59. The first kappa shape index (κ1) is 14.0. The van der Waals surface area contributed by atoms with Gasteiger partial charge < -0.3 is 25.3 Å². The summed E-state index contributed by atoms with van der Waals surface area (Å²) in [6, 6.07) is 4.47. The van der Waals surface area contributed by atoms with Crippen molar-refractivity contribution in [3.63, 3.8) is 0 Å². The summed E-state index contributed by atoms with van der Waals surface area (Å²) >= 11 is 0. The lowest BCUT2D eigenvalue weighted by Gasteiger charge is -2.25. The Balaban J connectivity index is 2.21. The molecule has 0 bridgehead atoms. The van der Waals surface area contributed by atoms with Crippen molar-refractivity contribution >= 4 is 11.7 Å². The molecule has 0 radical (unpaired) electrons. The molecule has 7 heteroatoms. The van der Waals surface area contributed by atoms with Crippen molar-refractivity contribution in [3.05, 3.63) is 23.8 Å². The van der Waals surface area contributed by atoms with Crippen LogP contribution < -0.4 is 15.2 Å². The van der Waals surface area contributed by atoms with Crippen LogP contribution in [0.3, 0.4) is 0 Å². The van der Waals surface area contributed by atoms with Gasteiger partial charge in [-0.15, -0.1) is 0 Å². The van der Waals surface area contributed by atoms with Crippen LogP contribution >= 0.6 is 0 Å². The van der Waals surface area contributed by atoms with Crippen molar-refractivity contribution in [2.24, 2.45) is 10.9 Å². The lowest BCUT2D eigenvalue weighted by Crippen LogP contribution is -2.43. The predicted molar refractivity (Wildman–Crippen MR) is 72.4 cm³/mol. The number of carbonyl (C=O) groups excluding carboxylic acids is 1. The second-order valence-electron chi connectivity index (χ2n) is 4.48. The number of amides is 1. The van der Waals surface area contributed by atoms with Gasteiger partial charge in [-0.05, 0) is 25.1 Å². The monoisotopic (exact) mass is 279 g/mol. The van der Waals surface area contributed by atoms with Crippen molar-refractivity contribution in [1.82, 2.24) is 4.90 Å². The molecule has 0 spiro atoms. The number of ether oxygens (including phenoxy) is 2. The first-order valence-electron chi connectivity index (χ1n) is 6.19. The SMILES string of the molecule is CC(C(N)=NO)N(C)C(=O)c1ccc2c(c1)OCCO2. The van der Waals surface area contributed by atoms with E-state index < -0.39 is 6.04 Å².